The van der Waals surface area contributed by atoms with Gasteiger partial charge in [0.05, 0.1) is 4.88 Å². The van der Waals surface area contributed by atoms with E-state index in [0.29, 0.717) is 30.2 Å². The van der Waals surface area contributed by atoms with E-state index in [4.69, 9.17) is 9.47 Å². The van der Waals surface area contributed by atoms with Crippen LogP contribution in [0.5, 0.6) is 23.1 Å². The van der Waals surface area contributed by atoms with Crippen molar-refractivity contribution in [3.8, 4) is 23.1 Å². The molecule has 0 bridgehead atoms. The number of nitrogens with zero attached hydrogens (tertiary/aromatic N) is 1. The standard InChI is InChI=1S/C26H31NO5S/c1-6-27-24(29)21(33-25(27)30)13-18-7-9-19(10-8-18)31-14-26(5)12-11-20-17(4)22(28)15(2)16(3)23(20)32-26/h7-10,28-29H,6,11-14H2,1-5H3. The normalized spacial score (nSPS) is 17.5. The van der Waals surface area contributed by atoms with E-state index < -0.39 is 5.60 Å². The fourth-order valence-corrected chi connectivity index (χ4v) is 5.34. The van der Waals surface area contributed by atoms with E-state index in [9.17, 15) is 15.0 Å². The van der Waals surface area contributed by atoms with E-state index >= 15 is 0 Å². The lowest BCUT2D eigenvalue weighted by Crippen LogP contribution is -2.42. The van der Waals surface area contributed by atoms with Crippen molar-refractivity contribution in [2.45, 2.75) is 66.0 Å². The molecule has 4 rings (SSSR count). The molecule has 0 fully saturated rings. The molecule has 1 unspecified atom stereocenters. The maximum atomic E-state index is 11.9. The van der Waals surface area contributed by atoms with E-state index in [1.54, 1.807) is 0 Å². The van der Waals surface area contributed by atoms with Crippen LogP contribution in [-0.4, -0.2) is 27.0 Å². The predicted molar refractivity (Wildman–Crippen MR) is 130 cm³/mol. The lowest BCUT2D eigenvalue weighted by Gasteiger charge is -2.37. The molecule has 1 aliphatic heterocycles. The second-order valence-electron chi connectivity index (χ2n) is 9.05. The molecular weight excluding hydrogens is 438 g/mol. The average Bonchev–Trinajstić information content (AvgIpc) is 3.07. The highest BCUT2D eigenvalue weighted by atomic mass is 32.1. The van der Waals surface area contributed by atoms with Gasteiger partial charge in [-0.2, -0.15) is 0 Å². The first-order valence-corrected chi connectivity index (χ1v) is 12.1. The Morgan fingerprint density at radius 1 is 1.12 bits per heavy atom. The zero-order valence-corrected chi connectivity index (χ0v) is 20.6. The van der Waals surface area contributed by atoms with Crippen molar-refractivity contribution >= 4 is 11.3 Å². The summed E-state index contributed by atoms with van der Waals surface area (Å²) in [4.78, 5) is 12.5. The first-order valence-electron chi connectivity index (χ1n) is 11.3. The van der Waals surface area contributed by atoms with E-state index in [-0.39, 0.29) is 10.8 Å². The van der Waals surface area contributed by atoms with Gasteiger partial charge in [-0.3, -0.25) is 9.36 Å². The highest BCUT2D eigenvalue weighted by Gasteiger charge is 2.35. The van der Waals surface area contributed by atoms with Crippen LogP contribution in [0.4, 0.5) is 0 Å². The maximum Gasteiger partial charge on any atom is 0.310 e. The van der Waals surface area contributed by atoms with E-state index in [0.717, 1.165) is 63.5 Å². The summed E-state index contributed by atoms with van der Waals surface area (Å²) in [5.74, 6) is 2.03. The summed E-state index contributed by atoms with van der Waals surface area (Å²) in [6, 6.07) is 7.72. The molecule has 1 aromatic heterocycles. The molecule has 0 radical (unpaired) electrons. The molecule has 176 valence electrons. The Hall–Kier alpha value is -2.93. The summed E-state index contributed by atoms with van der Waals surface area (Å²) in [5.41, 5.74) is 4.35. The zero-order valence-electron chi connectivity index (χ0n) is 19.8. The molecule has 2 aromatic carbocycles. The van der Waals surface area contributed by atoms with Gasteiger partial charge < -0.3 is 19.7 Å². The van der Waals surface area contributed by atoms with Gasteiger partial charge in [0.1, 0.15) is 29.5 Å². The van der Waals surface area contributed by atoms with Crippen LogP contribution in [0.15, 0.2) is 29.1 Å². The summed E-state index contributed by atoms with van der Waals surface area (Å²) in [6.07, 6.45) is 2.13. The van der Waals surface area contributed by atoms with Gasteiger partial charge >= 0.3 is 4.87 Å². The minimum Gasteiger partial charge on any atom is -0.507 e. The molecule has 1 atom stereocenters. The number of aromatic hydroxyl groups is 2. The number of phenols is 1. The van der Waals surface area contributed by atoms with E-state index in [1.807, 2.05) is 52.0 Å². The van der Waals surface area contributed by atoms with Crippen molar-refractivity contribution in [3.05, 3.63) is 66.6 Å². The van der Waals surface area contributed by atoms with Crippen LogP contribution >= 0.6 is 11.3 Å². The van der Waals surface area contributed by atoms with Gasteiger partial charge in [0, 0.05) is 18.5 Å². The van der Waals surface area contributed by atoms with Gasteiger partial charge in [0.15, 0.2) is 0 Å². The van der Waals surface area contributed by atoms with Crippen molar-refractivity contribution in [2.75, 3.05) is 6.61 Å². The molecule has 2 N–H and O–H groups in total. The van der Waals surface area contributed by atoms with Crippen LogP contribution in [0.2, 0.25) is 0 Å². The minimum atomic E-state index is -0.465. The molecule has 0 saturated heterocycles. The fraction of sp³-hybridized carbons (Fsp3) is 0.423. The van der Waals surface area contributed by atoms with Crippen LogP contribution in [0.1, 0.15) is 53.0 Å². The van der Waals surface area contributed by atoms with Crippen LogP contribution in [0.3, 0.4) is 0 Å². The Labute approximate surface area is 198 Å². The summed E-state index contributed by atoms with van der Waals surface area (Å²) >= 11 is 1.09. The van der Waals surface area contributed by atoms with Crippen molar-refractivity contribution in [1.82, 2.24) is 4.57 Å². The van der Waals surface area contributed by atoms with Gasteiger partial charge in [-0.05, 0) is 81.8 Å². The molecule has 2 heterocycles. The number of phenolic OH excluding ortho intramolecular Hbond substituents is 1. The summed E-state index contributed by atoms with van der Waals surface area (Å²) < 4.78 is 13.9. The van der Waals surface area contributed by atoms with Crippen LogP contribution in [-0.2, 0) is 19.4 Å². The van der Waals surface area contributed by atoms with Gasteiger partial charge in [-0.25, -0.2) is 0 Å². The van der Waals surface area contributed by atoms with Gasteiger partial charge in [0.25, 0.3) is 0 Å². The predicted octanol–water partition coefficient (Wildman–Crippen LogP) is 5.02. The lowest BCUT2D eigenvalue weighted by atomic mass is 9.87. The Morgan fingerprint density at radius 2 is 1.82 bits per heavy atom. The number of rotatable bonds is 6. The number of hydrogen-bond acceptors (Lipinski definition) is 6. The van der Waals surface area contributed by atoms with Crippen LogP contribution in [0, 0.1) is 20.8 Å². The van der Waals surface area contributed by atoms with Gasteiger partial charge in [0.2, 0.25) is 5.88 Å². The fourth-order valence-electron chi connectivity index (χ4n) is 4.36. The first kappa shape index (κ1) is 23.2. The number of hydrogen-bond donors (Lipinski definition) is 2. The third-order valence-electron chi connectivity index (χ3n) is 6.68. The highest BCUT2D eigenvalue weighted by Crippen LogP contribution is 2.43. The van der Waals surface area contributed by atoms with Gasteiger partial charge in [-0.1, -0.05) is 23.5 Å². The first-order chi connectivity index (χ1) is 15.6. The van der Waals surface area contributed by atoms with Crippen molar-refractivity contribution < 1.29 is 19.7 Å². The Morgan fingerprint density at radius 3 is 2.45 bits per heavy atom. The molecule has 6 nitrogen and oxygen atoms in total. The molecule has 3 aromatic rings. The quantitative estimate of drug-likeness (QED) is 0.530. The molecule has 7 heteroatoms. The number of ether oxygens (including phenoxy) is 2. The van der Waals surface area contributed by atoms with Crippen molar-refractivity contribution in [2.24, 2.45) is 0 Å². The zero-order chi connectivity index (χ0) is 23.9. The van der Waals surface area contributed by atoms with Crippen LogP contribution < -0.4 is 14.3 Å². The molecule has 0 aliphatic carbocycles. The van der Waals surface area contributed by atoms with Crippen molar-refractivity contribution in [3.63, 3.8) is 0 Å². The number of benzene rings is 2. The SMILES string of the molecule is CCn1c(O)c(Cc2ccc(OCC3(C)CCc4c(C)c(O)c(C)c(C)c4O3)cc2)sc1=O. The summed E-state index contributed by atoms with van der Waals surface area (Å²) in [7, 11) is 0. The Bertz CT molecular complexity index is 1240. The average molecular weight is 470 g/mol. The summed E-state index contributed by atoms with van der Waals surface area (Å²) in [5, 5.41) is 20.6. The second-order valence-corrected chi connectivity index (χ2v) is 10.1. The Kier molecular flexibility index (Phi) is 6.18. The van der Waals surface area contributed by atoms with Crippen LogP contribution in [0.25, 0.3) is 0 Å². The third-order valence-corrected chi connectivity index (χ3v) is 7.65. The number of aromatic nitrogens is 1. The number of fused-ring (bicyclic) bond motifs is 1. The monoisotopic (exact) mass is 469 g/mol. The van der Waals surface area contributed by atoms with E-state index in [1.165, 1.54) is 4.57 Å². The topological polar surface area (TPSA) is 80.9 Å². The molecule has 0 spiro atoms. The third kappa shape index (κ3) is 4.34. The molecular formula is C26H31NO5S. The second kappa shape index (κ2) is 8.78. The van der Waals surface area contributed by atoms with Gasteiger partial charge in [-0.15, -0.1) is 0 Å². The molecule has 33 heavy (non-hydrogen) atoms. The number of thiazole rings is 1. The molecule has 0 amide bonds. The maximum absolute atomic E-state index is 11.9. The summed E-state index contributed by atoms with van der Waals surface area (Å²) in [6.45, 7) is 10.6. The highest BCUT2D eigenvalue weighted by molar-refractivity contribution is 7.09. The van der Waals surface area contributed by atoms with E-state index in [2.05, 4.69) is 6.92 Å². The van der Waals surface area contributed by atoms with Crippen molar-refractivity contribution in [1.29, 1.82) is 0 Å². The largest absolute Gasteiger partial charge is 0.507 e. The smallest absolute Gasteiger partial charge is 0.310 e. The minimum absolute atomic E-state index is 0.0598. The lowest BCUT2D eigenvalue weighted by molar-refractivity contribution is 0.0166. The Balaban J connectivity index is 1.43. The molecule has 1 aliphatic rings. The molecule has 0 saturated carbocycles.